The number of hydrogen-bond donors (Lipinski definition) is 2. The lowest BCUT2D eigenvalue weighted by atomic mass is 10.1. The molecule has 0 saturated heterocycles. The molecule has 130 valence electrons. The fraction of sp³-hybridized carbons (Fsp3) is 0.278. The molecule has 7 nitrogen and oxygen atoms in total. The van der Waals surface area contributed by atoms with Gasteiger partial charge >= 0.3 is 0 Å². The molecule has 1 aromatic rings. The van der Waals surface area contributed by atoms with Crippen molar-refractivity contribution in [2.45, 2.75) is 20.4 Å². The molecular formula is C18H20N4O3. The zero-order valence-corrected chi connectivity index (χ0v) is 14.4. The van der Waals surface area contributed by atoms with Crippen molar-refractivity contribution in [1.82, 2.24) is 14.8 Å². The van der Waals surface area contributed by atoms with Crippen molar-refractivity contribution < 1.29 is 9.53 Å². The molecule has 0 saturated carbocycles. The van der Waals surface area contributed by atoms with Gasteiger partial charge in [0.1, 0.15) is 5.69 Å². The van der Waals surface area contributed by atoms with E-state index in [1.54, 1.807) is 24.1 Å². The molecule has 0 unspecified atom stereocenters. The summed E-state index contributed by atoms with van der Waals surface area (Å²) in [5, 5.41) is 9.29. The van der Waals surface area contributed by atoms with Crippen LogP contribution in [0.25, 0.3) is 11.3 Å². The number of aryl methyl sites for hydroxylation is 2. The van der Waals surface area contributed by atoms with Crippen LogP contribution in [0.3, 0.4) is 0 Å². The van der Waals surface area contributed by atoms with E-state index in [0.717, 1.165) is 11.1 Å². The molecule has 2 aliphatic rings. The Hall–Kier alpha value is -2.93. The summed E-state index contributed by atoms with van der Waals surface area (Å²) < 4.78 is 6.83. The maximum absolute atomic E-state index is 12.8. The molecule has 0 spiro atoms. The van der Waals surface area contributed by atoms with Gasteiger partial charge in [-0.1, -0.05) is 6.07 Å². The zero-order chi connectivity index (χ0) is 18.0. The van der Waals surface area contributed by atoms with E-state index in [1.807, 2.05) is 32.0 Å². The average Bonchev–Trinajstić information content (AvgIpc) is 2.92. The number of carbonyl (C=O) groups excluding carboxylic acids is 1. The summed E-state index contributed by atoms with van der Waals surface area (Å²) in [5.41, 5.74) is 3.59. The maximum atomic E-state index is 12.8. The minimum Gasteiger partial charge on any atom is -0.383 e. The molecule has 0 atom stereocenters. The van der Waals surface area contributed by atoms with E-state index in [-0.39, 0.29) is 11.5 Å². The predicted octanol–water partition coefficient (Wildman–Crippen LogP) is 2.19. The van der Waals surface area contributed by atoms with E-state index in [4.69, 9.17) is 4.74 Å². The quantitative estimate of drug-likeness (QED) is 0.745. The van der Waals surface area contributed by atoms with Crippen molar-refractivity contribution in [3.63, 3.8) is 0 Å². The number of anilines is 1. The molecule has 1 aromatic carbocycles. The van der Waals surface area contributed by atoms with Crippen LogP contribution in [-0.2, 0) is 11.3 Å². The Kier molecular flexibility index (Phi) is 4.67. The largest absolute Gasteiger partial charge is 0.383 e. The van der Waals surface area contributed by atoms with Gasteiger partial charge in [-0.3, -0.25) is 9.59 Å². The molecule has 1 amide bonds. The maximum Gasteiger partial charge on any atom is 0.275 e. The minimum atomic E-state index is -0.317. The van der Waals surface area contributed by atoms with Crippen molar-refractivity contribution in [3.8, 4) is 11.3 Å². The monoisotopic (exact) mass is 340 g/mol. The van der Waals surface area contributed by atoms with Crippen molar-refractivity contribution in [3.05, 3.63) is 57.6 Å². The van der Waals surface area contributed by atoms with Gasteiger partial charge in [-0.05, 0) is 37.1 Å². The molecular weight excluding hydrogens is 320 g/mol. The fourth-order valence-corrected chi connectivity index (χ4v) is 2.83. The summed E-state index contributed by atoms with van der Waals surface area (Å²) in [5.74, 6) is -0.312. The number of nitrogens with zero attached hydrogens (tertiary/aromatic N) is 2. The number of hydrogen-bond acceptors (Lipinski definition) is 4. The summed E-state index contributed by atoms with van der Waals surface area (Å²) in [6, 6.07) is 5.83. The van der Waals surface area contributed by atoms with Gasteiger partial charge < -0.3 is 14.6 Å². The standard InChI is InChI=1S/C18H20N4O3/c1-11-6-12(2)8-13(7-11)19-17(23)14-9-22(4-5-25-3)10-15-16(14)20-21-18(15)24/h6-10H,4-5H2,1-3H3,(H,19,23)(H,21,24). The Morgan fingerprint density at radius 1 is 1.24 bits per heavy atom. The first-order chi connectivity index (χ1) is 12.0. The smallest absolute Gasteiger partial charge is 0.275 e. The number of benzene rings is 1. The molecule has 0 aromatic heterocycles. The number of aromatic amines is 1. The summed E-state index contributed by atoms with van der Waals surface area (Å²) in [4.78, 5) is 24.7. The second-order valence-electron chi connectivity index (χ2n) is 6.05. The highest BCUT2D eigenvalue weighted by atomic mass is 16.5. The van der Waals surface area contributed by atoms with E-state index in [2.05, 4.69) is 15.5 Å². The summed E-state index contributed by atoms with van der Waals surface area (Å²) >= 11 is 0. The molecule has 2 N–H and O–H groups in total. The number of amides is 1. The Morgan fingerprint density at radius 2 is 1.96 bits per heavy atom. The third-order valence-corrected chi connectivity index (χ3v) is 3.89. The van der Waals surface area contributed by atoms with E-state index < -0.39 is 0 Å². The highest BCUT2D eigenvalue weighted by Gasteiger charge is 2.21. The van der Waals surface area contributed by atoms with Gasteiger partial charge in [-0.15, -0.1) is 0 Å². The van der Waals surface area contributed by atoms with Gasteiger partial charge in [0.15, 0.2) is 0 Å². The lowest BCUT2D eigenvalue weighted by Gasteiger charge is -2.13. The molecule has 0 bridgehead atoms. The fourth-order valence-electron chi connectivity index (χ4n) is 2.83. The summed E-state index contributed by atoms with van der Waals surface area (Å²) in [6.45, 7) is 4.94. The van der Waals surface area contributed by atoms with E-state index >= 15 is 0 Å². The van der Waals surface area contributed by atoms with Gasteiger partial charge in [-0.25, -0.2) is 5.10 Å². The van der Waals surface area contributed by atoms with Gasteiger partial charge in [0.2, 0.25) is 0 Å². The SMILES string of the molecule is COCCn1cc(C(=O)Nc2cc(C)cc(C)c2)c2n[nH]c(=O)c-2c1. The Morgan fingerprint density at radius 3 is 2.64 bits per heavy atom. The highest BCUT2D eigenvalue weighted by molar-refractivity contribution is 6.08. The first-order valence-electron chi connectivity index (χ1n) is 7.94. The van der Waals surface area contributed by atoms with Crippen molar-refractivity contribution in [1.29, 1.82) is 0 Å². The van der Waals surface area contributed by atoms with E-state index in [0.29, 0.717) is 35.7 Å². The zero-order valence-electron chi connectivity index (χ0n) is 14.4. The third-order valence-electron chi connectivity index (χ3n) is 3.89. The second kappa shape index (κ2) is 6.90. The Balaban J connectivity index is 1.98. The molecule has 0 radical (unpaired) electrons. The highest BCUT2D eigenvalue weighted by Crippen LogP contribution is 2.22. The Bertz CT molecular complexity index is 922. The van der Waals surface area contributed by atoms with Crippen LogP contribution in [0, 0.1) is 13.8 Å². The van der Waals surface area contributed by atoms with Gasteiger partial charge in [0, 0.05) is 31.7 Å². The third kappa shape index (κ3) is 3.61. The molecule has 0 aliphatic carbocycles. The lowest BCUT2D eigenvalue weighted by molar-refractivity contribution is 0.102. The van der Waals surface area contributed by atoms with Gasteiger partial charge in [0.25, 0.3) is 11.5 Å². The molecule has 2 heterocycles. The first-order valence-corrected chi connectivity index (χ1v) is 7.94. The van der Waals surface area contributed by atoms with Crippen LogP contribution in [0.5, 0.6) is 0 Å². The lowest BCUT2D eigenvalue weighted by Crippen LogP contribution is -2.18. The second-order valence-corrected chi connectivity index (χ2v) is 6.05. The number of nitrogens with one attached hydrogen (secondary N) is 2. The average molecular weight is 340 g/mol. The Labute approximate surface area is 145 Å². The minimum absolute atomic E-state index is 0.312. The number of methoxy groups -OCH3 is 1. The van der Waals surface area contributed by atoms with Crippen LogP contribution in [-0.4, -0.2) is 34.4 Å². The molecule has 3 rings (SSSR count). The van der Waals surface area contributed by atoms with E-state index in [1.165, 1.54) is 0 Å². The number of carbonyl (C=O) groups is 1. The van der Waals surface area contributed by atoms with Gasteiger partial charge in [-0.2, -0.15) is 5.10 Å². The van der Waals surface area contributed by atoms with Crippen LogP contribution in [0.1, 0.15) is 21.5 Å². The first kappa shape index (κ1) is 16.9. The predicted molar refractivity (Wildman–Crippen MR) is 95.2 cm³/mol. The summed E-state index contributed by atoms with van der Waals surface area (Å²) in [7, 11) is 1.60. The van der Waals surface area contributed by atoms with E-state index in [9.17, 15) is 9.59 Å². The van der Waals surface area contributed by atoms with Crippen molar-refractivity contribution >= 4 is 11.6 Å². The normalized spacial score (nSPS) is 11.0. The van der Waals surface area contributed by atoms with Crippen LogP contribution >= 0.6 is 0 Å². The number of pyridine rings is 1. The van der Waals surface area contributed by atoms with Gasteiger partial charge in [0.05, 0.1) is 17.7 Å². The number of ether oxygens (including phenoxy) is 1. The number of aromatic nitrogens is 3. The molecule has 7 heteroatoms. The number of rotatable bonds is 5. The number of H-pyrrole nitrogens is 1. The number of fused-ring (bicyclic) bond motifs is 1. The van der Waals surface area contributed by atoms with Crippen LogP contribution < -0.4 is 10.9 Å². The van der Waals surface area contributed by atoms with Crippen molar-refractivity contribution in [2.75, 3.05) is 19.0 Å². The van der Waals surface area contributed by atoms with Crippen LogP contribution in [0.15, 0.2) is 35.4 Å². The topological polar surface area (TPSA) is 89.0 Å². The molecule has 2 aliphatic heterocycles. The molecule has 0 fully saturated rings. The van der Waals surface area contributed by atoms with Crippen molar-refractivity contribution in [2.24, 2.45) is 0 Å². The van der Waals surface area contributed by atoms with Crippen LogP contribution in [0.2, 0.25) is 0 Å². The van der Waals surface area contributed by atoms with Crippen LogP contribution in [0.4, 0.5) is 5.69 Å². The summed E-state index contributed by atoms with van der Waals surface area (Å²) in [6.07, 6.45) is 3.35. The molecule has 25 heavy (non-hydrogen) atoms.